The number of pyridine rings is 1. The number of fused-ring (bicyclic) bond motifs is 1. The molecule has 1 aromatic heterocycles. The van der Waals surface area contributed by atoms with E-state index in [-0.39, 0.29) is 17.4 Å². The van der Waals surface area contributed by atoms with Gasteiger partial charge in [-0.3, -0.25) is 14.5 Å². The number of hydrogen-bond donors (Lipinski definition) is 1. The number of hydrogen-bond acceptors (Lipinski definition) is 6. The third-order valence-electron chi connectivity index (χ3n) is 6.95. The molecule has 7 nitrogen and oxygen atoms in total. The Balaban J connectivity index is 1.39. The van der Waals surface area contributed by atoms with E-state index in [1.165, 1.54) is 4.90 Å². The molecule has 1 fully saturated rings. The fraction of sp³-hybridized carbons (Fsp3) is 0.156. The summed E-state index contributed by atoms with van der Waals surface area (Å²) in [5.74, 6) is -0.0195. The zero-order chi connectivity index (χ0) is 26.9. The van der Waals surface area contributed by atoms with Gasteiger partial charge in [0.05, 0.1) is 11.6 Å². The fourth-order valence-corrected chi connectivity index (χ4v) is 5.09. The van der Waals surface area contributed by atoms with Gasteiger partial charge in [0.15, 0.2) is 0 Å². The van der Waals surface area contributed by atoms with Gasteiger partial charge in [-0.2, -0.15) is 0 Å². The van der Waals surface area contributed by atoms with Gasteiger partial charge in [0.1, 0.15) is 35.8 Å². The zero-order valence-electron chi connectivity index (χ0n) is 21.3. The highest BCUT2D eigenvalue weighted by Gasteiger charge is 2.47. The standard InChI is InChI=1S/C32H26N2O5/c1-20-17-24-18-23(12-15-26(24)39-20)30(35)28-29(34(32(37)31(28)36)27-9-5-6-16-33-27)22-10-13-25(14-11-22)38-19-21-7-3-2-4-8-21/h2-16,18,20,29,35H,17,19H2,1H3. The van der Waals surface area contributed by atoms with Crippen molar-refractivity contribution >= 4 is 23.3 Å². The monoisotopic (exact) mass is 518 g/mol. The lowest BCUT2D eigenvalue weighted by Crippen LogP contribution is -2.30. The summed E-state index contributed by atoms with van der Waals surface area (Å²) in [5.41, 5.74) is 3.10. The molecule has 2 atom stereocenters. The number of rotatable bonds is 6. The van der Waals surface area contributed by atoms with E-state index in [2.05, 4.69) is 4.98 Å². The molecule has 0 spiro atoms. The van der Waals surface area contributed by atoms with Crippen molar-refractivity contribution in [2.75, 3.05) is 4.90 Å². The maximum absolute atomic E-state index is 13.4. The molecule has 0 aliphatic carbocycles. The molecule has 1 N–H and O–H groups in total. The number of ether oxygens (including phenoxy) is 2. The van der Waals surface area contributed by atoms with Crippen LogP contribution in [0.25, 0.3) is 5.76 Å². The van der Waals surface area contributed by atoms with Crippen molar-refractivity contribution in [3.63, 3.8) is 0 Å². The third kappa shape index (κ3) is 4.63. The maximum Gasteiger partial charge on any atom is 0.301 e. The van der Waals surface area contributed by atoms with Crippen molar-refractivity contribution in [3.8, 4) is 11.5 Å². The largest absolute Gasteiger partial charge is 0.507 e. The predicted molar refractivity (Wildman–Crippen MR) is 146 cm³/mol. The Morgan fingerprint density at radius 1 is 1.00 bits per heavy atom. The van der Waals surface area contributed by atoms with Gasteiger partial charge in [-0.1, -0.05) is 48.5 Å². The summed E-state index contributed by atoms with van der Waals surface area (Å²) < 4.78 is 11.7. The molecule has 1 saturated heterocycles. The van der Waals surface area contributed by atoms with Crippen LogP contribution in [0.2, 0.25) is 0 Å². The first-order valence-corrected chi connectivity index (χ1v) is 12.8. The van der Waals surface area contributed by atoms with Crippen molar-refractivity contribution in [2.45, 2.75) is 32.1 Å². The summed E-state index contributed by atoms with van der Waals surface area (Å²) >= 11 is 0. The number of aliphatic hydroxyl groups is 1. The molecule has 2 aliphatic heterocycles. The summed E-state index contributed by atoms with van der Waals surface area (Å²) in [7, 11) is 0. The Kier molecular flexibility index (Phi) is 6.32. The van der Waals surface area contributed by atoms with Crippen LogP contribution in [0.3, 0.4) is 0 Å². The fourth-order valence-electron chi connectivity index (χ4n) is 5.09. The normalized spacial score (nSPS) is 19.6. The molecular weight excluding hydrogens is 492 g/mol. The molecule has 0 bridgehead atoms. The Morgan fingerprint density at radius 3 is 2.51 bits per heavy atom. The average molecular weight is 519 g/mol. The van der Waals surface area contributed by atoms with Crippen LogP contribution in [0.4, 0.5) is 5.82 Å². The highest BCUT2D eigenvalue weighted by Crippen LogP contribution is 2.42. The van der Waals surface area contributed by atoms with E-state index in [4.69, 9.17) is 9.47 Å². The zero-order valence-corrected chi connectivity index (χ0v) is 21.3. The van der Waals surface area contributed by atoms with Crippen LogP contribution >= 0.6 is 0 Å². The Bertz CT molecular complexity index is 1570. The molecule has 2 unspecified atom stereocenters. The van der Waals surface area contributed by atoms with Gasteiger partial charge in [-0.05, 0) is 66.1 Å². The molecule has 2 aliphatic rings. The molecule has 0 radical (unpaired) electrons. The molecule has 39 heavy (non-hydrogen) atoms. The van der Waals surface area contributed by atoms with Crippen molar-refractivity contribution < 1.29 is 24.2 Å². The number of anilines is 1. The summed E-state index contributed by atoms with van der Waals surface area (Å²) in [6.07, 6.45) is 2.30. The van der Waals surface area contributed by atoms with E-state index in [1.807, 2.05) is 43.3 Å². The predicted octanol–water partition coefficient (Wildman–Crippen LogP) is 5.61. The first-order chi connectivity index (χ1) is 19.0. The van der Waals surface area contributed by atoms with E-state index in [0.29, 0.717) is 35.7 Å². The topological polar surface area (TPSA) is 89.0 Å². The van der Waals surface area contributed by atoms with E-state index in [0.717, 1.165) is 16.9 Å². The number of carbonyl (C=O) groups excluding carboxylic acids is 2. The highest BCUT2D eigenvalue weighted by atomic mass is 16.5. The number of benzene rings is 3. The minimum atomic E-state index is -0.869. The number of carbonyl (C=O) groups is 2. The van der Waals surface area contributed by atoms with Crippen LogP contribution in [-0.2, 0) is 22.6 Å². The number of amides is 1. The molecular formula is C32H26N2O5. The quantitative estimate of drug-likeness (QED) is 0.203. The molecule has 0 saturated carbocycles. The first-order valence-electron chi connectivity index (χ1n) is 12.8. The summed E-state index contributed by atoms with van der Waals surface area (Å²) in [5, 5.41) is 11.5. The van der Waals surface area contributed by atoms with Gasteiger partial charge < -0.3 is 14.6 Å². The number of ketones is 1. The van der Waals surface area contributed by atoms with Gasteiger partial charge in [0.2, 0.25) is 0 Å². The number of aromatic nitrogens is 1. The van der Waals surface area contributed by atoms with Crippen LogP contribution < -0.4 is 14.4 Å². The molecule has 3 aromatic carbocycles. The molecule has 194 valence electrons. The molecule has 3 heterocycles. The van der Waals surface area contributed by atoms with Crippen LogP contribution in [0.15, 0.2) is 103 Å². The van der Waals surface area contributed by atoms with E-state index >= 15 is 0 Å². The second-order valence-corrected chi connectivity index (χ2v) is 9.66. The highest BCUT2D eigenvalue weighted by molar-refractivity contribution is 6.51. The SMILES string of the molecule is CC1Cc2cc(C(O)=C3C(=O)C(=O)N(c4ccccn4)C3c3ccc(OCc4ccccc4)cc3)ccc2O1. The minimum absolute atomic E-state index is 0.00974. The number of Topliss-reactive ketones (excluding diaryl/α,β-unsaturated/α-hetero) is 1. The van der Waals surface area contributed by atoms with Gasteiger partial charge in [0.25, 0.3) is 5.78 Å². The lowest BCUT2D eigenvalue weighted by Gasteiger charge is -2.24. The Morgan fingerprint density at radius 2 is 1.77 bits per heavy atom. The molecule has 4 aromatic rings. The van der Waals surface area contributed by atoms with Crippen molar-refractivity contribution in [3.05, 3.63) is 125 Å². The van der Waals surface area contributed by atoms with Crippen LogP contribution in [0, 0.1) is 0 Å². The van der Waals surface area contributed by atoms with Gasteiger partial charge in [-0.15, -0.1) is 0 Å². The van der Waals surface area contributed by atoms with Crippen LogP contribution in [0.1, 0.15) is 35.2 Å². The third-order valence-corrected chi connectivity index (χ3v) is 6.95. The van der Waals surface area contributed by atoms with Crippen molar-refractivity contribution in [1.29, 1.82) is 0 Å². The average Bonchev–Trinajstić information content (AvgIpc) is 3.48. The van der Waals surface area contributed by atoms with E-state index < -0.39 is 17.7 Å². The Hall–Kier alpha value is -4.91. The molecule has 7 heteroatoms. The minimum Gasteiger partial charge on any atom is -0.507 e. The van der Waals surface area contributed by atoms with E-state index in [9.17, 15) is 14.7 Å². The van der Waals surface area contributed by atoms with Crippen LogP contribution in [0.5, 0.6) is 11.5 Å². The number of nitrogens with zero attached hydrogens (tertiary/aromatic N) is 2. The second kappa shape index (κ2) is 10.1. The van der Waals surface area contributed by atoms with Gasteiger partial charge in [-0.25, -0.2) is 4.98 Å². The smallest absolute Gasteiger partial charge is 0.301 e. The molecule has 1 amide bonds. The van der Waals surface area contributed by atoms with Crippen LogP contribution in [-0.4, -0.2) is 27.9 Å². The second-order valence-electron chi connectivity index (χ2n) is 9.66. The maximum atomic E-state index is 13.4. The number of aliphatic hydroxyl groups excluding tert-OH is 1. The lowest BCUT2D eigenvalue weighted by atomic mass is 9.94. The van der Waals surface area contributed by atoms with Gasteiger partial charge in [0, 0.05) is 18.2 Å². The molecule has 6 rings (SSSR count). The lowest BCUT2D eigenvalue weighted by molar-refractivity contribution is -0.132. The summed E-state index contributed by atoms with van der Waals surface area (Å²) in [6.45, 7) is 2.39. The van der Waals surface area contributed by atoms with Gasteiger partial charge >= 0.3 is 5.91 Å². The Labute approximate surface area is 226 Å². The van der Waals surface area contributed by atoms with E-state index in [1.54, 1.807) is 60.8 Å². The van der Waals surface area contributed by atoms with Crippen molar-refractivity contribution in [1.82, 2.24) is 4.98 Å². The first kappa shape index (κ1) is 24.4. The summed E-state index contributed by atoms with van der Waals surface area (Å²) in [6, 6.07) is 26.6. The summed E-state index contributed by atoms with van der Waals surface area (Å²) in [4.78, 5) is 32.4. The van der Waals surface area contributed by atoms with Crippen molar-refractivity contribution in [2.24, 2.45) is 0 Å².